The van der Waals surface area contributed by atoms with Gasteiger partial charge in [-0.25, -0.2) is 9.67 Å². The van der Waals surface area contributed by atoms with Crippen molar-refractivity contribution in [3.63, 3.8) is 0 Å². The number of hydrogen-bond acceptors (Lipinski definition) is 5. The Kier molecular flexibility index (Phi) is 7.10. The molecule has 168 valence electrons. The van der Waals surface area contributed by atoms with Gasteiger partial charge >= 0.3 is 0 Å². The summed E-state index contributed by atoms with van der Waals surface area (Å²) >= 11 is 0. The molecule has 3 aromatic rings. The van der Waals surface area contributed by atoms with Crippen LogP contribution in [0.3, 0.4) is 0 Å². The Labute approximate surface area is 190 Å². The number of carbonyl (C=O) groups is 1. The minimum Gasteiger partial charge on any atom is -0.381 e. The summed E-state index contributed by atoms with van der Waals surface area (Å²) in [6.45, 7) is 6.93. The van der Waals surface area contributed by atoms with E-state index >= 15 is 0 Å². The van der Waals surface area contributed by atoms with E-state index in [-0.39, 0.29) is 5.91 Å². The summed E-state index contributed by atoms with van der Waals surface area (Å²) in [6, 6.07) is 8.43. The maximum absolute atomic E-state index is 12.7. The van der Waals surface area contributed by atoms with Crippen LogP contribution >= 0.6 is 0 Å². The van der Waals surface area contributed by atoms with E-state index < -0.39 is 0 Å². The summed E-state index contributed by atoms with van der Waals surface area (Å²) < 4.78 is 7.47. The van der Waals surface area contributed by atoms with Crippen LogP contribution in [0.5, 0.6) is 0 Å². The van der Waals surface area contributed by atoms with Gasteiger partial charge in [-0.2, -0.15) is 5.10 Å². The Morgan fingerprint density at radius 1 is 1.28 bits per heavy atom. The molecule has 0 atom stereocenters. The fourth-order valence-electron chi connectivity index (χ4n) is 4.36. The van der Waals surface area contributed by atoms with Crippen molar-refractivity contribution in [2.45, 2.75) is 58.7 Å². The molecule has 0 saturated carbocycles. The number of nitrogens with zero attached hydrogens (tertiary/aromatic N) is 3. The fraction of sp³-hybridized carbons (Fsp3) is 0.458. The summed E-state index contributed by atoms with van der Waals surface area (Å²) in [6.07, 6.45) is 4.98. The minimum absolute atomic E-state index is 0.0130. The third-order valence-electron chi connectivity index (χ3n) is 6.09. The zero-order valence-corrected chi connectivity index (χ0v) is 19.3. The number of pyridine rings is 1. The largest absolute Gasteiger partial charge is 0.381 e. The lowest BCUT2D eigenvalue weighted by atomic mass is 9.94. The lowest BCUT2D eigenvalue weighted by Crippen LogP contribution is -2.30. The Morgan fingerprint density at radius 2 is 2.09 bits per heavy atom. The zero-order chi connectivity index (χ0) is 22.5. The lowest BCUT2D eigenvalue weighted by Gasteiger charge is -2.26. The molecule has 32 heavy (non-hydrogen) atoms. The normalized spacial score (nSPS) is 14.6. The molecule has 1 aliphatic rings. The first kappa shape index (κ1) is 22.3. The molecule has 7 nitrogen and oxygen atoms in total. The topological polar surface area (TPSA) is 81.1 Å². The van der Waals surface area contributed by atoms with E-state index in [0.717, 1.165) is 78.0 Å². The van der Waals surface area contributed by atoms with Gasteiger partial charge in [0.05, 0.1) is 23.7 Å². The highest BCUT2D eigenvalue weighted by Gasteiger charge is 2.22. The molecule has 8 heteroatoms. The monoisotopic (exact) mass is 433 g/mol. The van der Waals surface area contributed by atoms with Gasteiger partial charge in [-0.1, -0.05) is 36.7 Å². The Bertz CT molecular complexity index is 1090. The number of rotatable bonds is 8. The van der Waals surface area contributed by atoms with Gasteiger partial charge in [0.2, 0.25) is 5.91 Å². The van der Waals surface area contributed by atoms with Gasteiger partial charge in [0.1, 0.15) is 7.85 Å². The molecular formula is C24H32BN5O2. The first-order valence-corrected chi connectivity index (χ1v) is 11.6. The molecule has 0 spiro atoms. The first-order valence-electron chi connectivity index (χ1n) is 11.6. The van der Waals surface area contributed by atoms with E-state index in [1.165, 1.54) is 0 Å². The third-order valence-corrected chi connectivity index (χ3v) is 6.09. The van der Waals surface area contributed by atoms with E-state index in [2.05, 4.69) is 35.6 Å². The molecule has 1 aromatic carbocycles. The predicted molar refractivity (Wildman–Crippen MR) is 130 cm³/mol. The number of amides is 1. The summed E-state index contributed by atoms with van der Waals surface area (Å²) in [5.41, 5.74) is 6.19. The molecule has 2 aromatic heterocycles. The van der Waals surface area contributed by atoms with E-state index in [9.17, 15) is 4.79 Å². The van der Waals surface area contributed by atoms with Crippen molar-refractivity contribution >= 4 is 35.9 Å². The molecule has 4 rings (SSSR count). The van der Waals surface area contributed by atoms with E-state index in [1.807, 2.05) is 36.9 Å². The minimum atomic E-state index is 0.0130. The second-order valence-corrected chi connectivity index (χ2v) is 8.44. The Morgan fingerprint density at radius 3 is 2.81 bits per heavy atom. The van der Waals surface area contributed by atoms with Crippen molar-refractivity contribution in [3.05, 3.63) is 47.3 Å². The number of aryl methyl sites for hydroxylation is 2. The highest BCUT2D eigenvalue weighted by atomic mass is 16.5. The zero-order valence-electron chi connectivity index (χ0n) is 19.3. The molecule has 3 heterocycles. The number of benzene rings is 1. The van der Waals surface area contributed by atoms with Gasteiger partial charge in [0.15, 0.2) is 5.65 Å². The van der Waals surface area contributed by atoms with Crippen molar-refractivity contribution in [1.29, 1.82) is 0 Å². The van der Waals surface area contributed by atoms with Gasteiger partial charge < -0.3 is 15.4 Å². The average Bonchev–Trinajstić information content (AvgIpc) is 3.21. The van der Waals surface area contributed by atoms with Crippen LogP contribution in [0.1, 0.15) is 43.5 Å². The van der Waals surface area contributed by atoms with Crippen molar-refractivity contribution in [2.75, 3.05) is 18.5 Å². The first-order chi connectivity index (χ1) is 15.6. The summed E-state index contributed by atoms with van der Waals surface area (Å²) in [4.78, 5) is 17.7. The summed E-state index contributed by atoms with van der Waals surface area (Å²) in [7, 11) is 2.04. The van der Waals surface area contributed by atoms with Gasteiger partial charge in [0, 0.05) is 43.6 Å². The molecule has 0 radical (unpaired) electrons. The van der Waals surface area contributed by atoms with Crippen LogP contribution in [-0.4, -0.2) is 47.8 Å². The second kappa shape index (κ2) is 10.2. The molecule has 0 aliphatic carbocycles. The number of ether oxygens (including phenoxy) is 1. The fourth-order valence-corrected chi connectivity index (χ4v) is 4.36. The van der Waals surface area contributed by atoms with Crippen molar-refractivity contribution in [3.8, 4) is 0 Å². The number of anilines is 1. The van der Waals surface area contributed by atoms with Crippen molar-refractivity contribution < 1.29 is 9.53 Å². The number of carbonyl (C=O) groups excluding carboxylic acids is 1. The van der Waals surface area contributed by atoms with E-state index in [4.69, 9.17) is 9.72 Å². The van der Waals surface area contributed by atoms with Crippen LogP contribution in [0.2, 0.25) is 0 Å². The Balaban J connectivity index is 1.62. The predicted octanol–water partition coefficient (Wildman–Crippen LogP) is 1.72. The summed E-state index contributed by atoms with van der Waals surface area (Å²) in [5.74, 6) is 0.0130. The number of fused-ring (bicyclic) bond motifs is 1. The quantitative estimate of drug-likeness (QED) is 0.529. The molecule has 0 unspecified atom stereocenters. The van der Waals surface area contributed by atoms with E-state index in [0.29, 0.717) is 19.0 Å². The average molecular weight is 433 g/mol. The van der Waals surface area contributed by atoms with Gasteiger partial charge in [0.25, 0.3) is 0 Å². The molecule has 2 N–H and O–H groups in total. The van der Waals surface area contributed by atoms with Crippen LogP contribution < -0.4 is 16.1 Å². The van der Waals surface area contributed by atoms with Crippen LogP contribution in [0.4, 0.5) is 5.69 Å². The Hall–Kier alpha value is -2.87. The summed E-state index contributed by atoms with van der Waals surface area (Å²) in [5, 5.41) is 12.5. The second-order valence-electron chi connectivity index (χ2n) is 8.44. The van der Waals surface area contributed by atoms with Crippen LogP contribution in [0.25, 0.3) is 11.0 Å². The molecule has 1 fully saturated rings. The molecule has 0 bridgehead atoms. The van der Waals surface area contributed by atoms with Gasteiger partial charge in [-0.15, -0.1) is 0 Å². The standard InChI is InChI=1S/C24H32BN5O2/c1-3-21-19(14-26-22(31)13-16-6-5-7-17(25)12-16)23(28-18-8-10-32-11-9-18)20-15-27-30(4-2)24(20)29-21/h5-7,12,15,18H,3-4,8-11,13-14,25H2,1-2H3,(H,26,31)(H,28,29). The van der Waals surface area contributed by atoms with Gasteiger partial charge in [-0.05, 0) is 31.7 Å². The number of nitrogens with one attached hydrogen (secondary N) is 2. The third kappa shape index (κ3) is 4.96. The molecule has 1 amide bonds. The van der Waals surface area contributed by atoms with Gasteiger partial charge in [-0.3, -0.25) is 4.79 Å². The lowest BCUT2D eigenvalue weighted by molar-refractivity contribution is -0.120. The highest BCUT2D eigenvalue weighted by Crippen LogP contribution is 2.31. The maximum atomic E-state index is 12.7. The van der Waals surface area contributed by atoms with E-state index in [1.54, 1.807) is 0 Å². The number of aromatic nitrogens is 3. The molecule has 1 aliphatic heterocycles. The van der Waals surface area contributed by atoms with Crippen LogP contribution in [-0.2, 0) is 35.5 Å². The van der Waals surface area contributed by atoms with Crippen molar-refractivity contribution in [2.24, 2.45) is 0 Å². The number of hydrogen-bond donors (Lipinski definition) is 2. The smallest absolute Gasteiger partial charge is 0.224 e. The van der Waals surface area contributed by atoms with Crippen LogP contribution in [0, 0.1) is 0 Å². The molecule has 1 saturated heterocycles. The highest BCUT2D eigenvalue weighted by molar-refractivity contribution is 6.32. The van der Waals surface area contributed by atoms with Crippen molar-refractivity contribution in [1.82, 2.24) is 20.1 Å². The van der Waals surface area contributed by atoms with Crippen LogP contribution in [0.15, 0.2) is 30.5 Å². The maximum Gasteiger partial charge on any atom is 0.224 e. The molecular weight excluding hydrogens is 401 g/mol. The SMILES string of the molecule is Bc1cccc(CC(=O)NCc2c(CC)nc3c(cnn3CC)c2NC2CCOCC2)c1.